The maximum absolute atomic E-state index is 15.2. The number of amides is 3. The molecule has 4 saturated heterocycles. The van der Waals surface area contributed by atoms with E-state index in [1.807, 2.05) is 104 Å². The molecule has 3 N–H and O–H groups in total. The highest BCUT2D eigenvalue weighted by molar-refractivity contribution is 14.1. The van der Waals surface area contributed by atoms with Gasteiger partial charge in [-0.05, 0) is 139 Å². The van der Waals surface area contributed by atoms with Crippen LogP contribution in [-0.4, -0.2) is 114 Å². The van der Waals surface area contributed by atoms with Gasteiger partial charge >= 0.3 is 17.9 Å². The average Bonchev–Trinajstić information content (AvgIpc) is 4.08. The molecule has 5 aliphatic heterocycles. The summed E-state index contributed by atoms with van der Waals surface area (Å²) >= 11 is 2.18. The second-order valence-electron chi connectivity index (χ2n) is 19.9. The number of esters is 3. The van der Waals surface area contributed by atoms with Crippen molar-refractivity contribution in [3.63, 3.8) is 0 Å². The molecule has 4 fully saturated rings. The van der Waals surface area contributed by atoms with Crippen LogP contribution in [-0.2, 0) is 48.4 Å². The van der Waals surface area contributed by atoms with Crippen molar-refractivity contribution in [3.05, 3.63) is 171 Å². The number of unbranched alkanes of at least 4 members (excludes halogenated alkanes) is 1. The number of halogens is 1. The van der Waals surface area contributed by atoms with E-state index in [4.69, 9.17) is 18.9 Å². The van der Waals surface area contributed by atoms with E-state index in [9.17, 15) is 29.1 Å². The minimum atomic E-state index is -1.71. The van der Waals surface area contributed by atoms with Crippen molar-refractivity contribution in [3.8, 4) is 11.5 Å². The molecule has 10 atom stereocenters. The van der Waals surface area contributed by atoms with E-state index in [0.29, 0.717) is 34.5 Å². The van der Waals surface area contributed by atoms with Crippen LogP contribution < -0.4 is 15.4 Å². The Hall–Kier alpha value is -7.09. The standard InChI is InChI=1S/C58H58IN5O11/c1-4-29-73-55(69)46-49-56(70)75-50(36-15-9-6-10-16-36)48(34-13-7-5-8-14-34)64(49)51(58(46)42-32-38(59)22-27-43(42)61-57(58)71)37-20-25-40(26-21-37)72-30-31-74-54(68)41-33-45-52(66)60-44(17-11-12-28-62(2)3)53(67)63(45)47(41)35-18-23-39(65)24-19-35/h4-10,13-16,18-27,32,41,44-51,65H,1,11-12,17,28-31,33H2,2-3H3,(H,60,66)(H,61,71)/t41-,44-,45-,46-,47-,48-,49-,50+,51+,58-/m0/s1. The first-order valence-corrected chi connectivity index (χ1v) is 26.3. The van der Waals surface area contributed by atoms with Gasteiger partial charge in [0.05, 0.1) is 24.0 Å². The Bertz CT molecular complexity index is 2980. The third-order valence-corrected chi connectivity index (χ3v) is 15.9. The molecule has 1 spiro atoms. The van der Waals surface area contributed by atoms with Gasteiger partial charge in [0.15, 0.2) is 0 Å². The number of nitrogens with zero attached hydrogens (tertiary/aromatic N) is 3. The molecule has 17 heteroatoms. The van der Waals surface area contributed by atoms with Crippen molar-refractivity contribution in [1.29, 1.82) is 0 Å². The minimum absolute atomic E-state index is 0.0209. The fraction of sp³-hybridized carbons (Fsp3) is 0.345. The topological polar surface area (TPSA) is 193 Å². The Kier molecular flexibility index (Phi) is 14.8. The number of nitrogens with one attached hydrogen (secondary N) is 2. The van der Waals surface area contributed by atoms with Gasteiger partial charge in [-0.25, -0.2) is 0 Å². The number of phenols is 1. The number of cyclic esters (lactones) is 1. The van der Waals surface area contributed by atoms with Gasteiger partial charge in [0.1, 0.15) is 66.9 Å². The smallest absolute Gasteiger partial charge is 0.325 e. The summed E-state index contributed by atoms with van der Waals surface area (Å²) < 4.78 is 25.1. The molecule has 0 aliphatic carbocycles. The summed E-state index contributed by atoms with van der Waals surface area (Å²) in [7, 11) is 3.96. The first kappa shape index (κ1) is 51.4. The van der Waals surface area contributed by atoms with Crippen LogP contribution in [0.25, 0.3) is 0 Å². The fourth-order valence-corrected chi connectivity index (χ4v) is 12.6. The highest BCUT2D eigenvalue weighted by atomic mass is 127. The summed E-state index contributed by atoms with van der Waals surface area (Å²) in [5.41, 5.74) is 2.08. The van der Waals surface area contributed by atoms with Crippen LogP contribution >= 0.6 is 22.6 Å². The van der Waals surface area contributed by atoms with Crippen LogP contribution in [0.1, 0.15) is 77.7 Å². The number of carbonyl (C=O) groups excluding carboxylic acids is 6. The molecule has 0 aromatic heterocycles. The van der Waals surface area contributed by atoms with Crippen LogP contribution in [0.15, 0.2) is 140 Å². The van der Waals surface area contributed by atoms with Gasteiger partial charge in [-0.15, -0.1) is 0 Å². The summed E-state index contributed by atoms with van der Waals surface area (Å²) in [6, 6.07) is 32.6. The zero-order chi connectivity index (χ0) is 52.5. The van der Waals surface area contributed by atoms with Crippen LogP contribution in [0.5, 0.6) is 11.5 Å². The number of phenolic OH excluding ortho intramolecular Hbond substituents is 1. The molecule has 5 aliphatic rings. The largest absolute Gasteiger partial charge is 0.508 e. The molecule has 5 aromatic carbocycles. The second kappa shape index (κ2) is 21.6. The van der Waals surface area contributed by atoms with Gasteiger partial charge in [0.2, 0.25) is 17.7 Å². The van der Waals surface area contributed by atoms with Gasteiger partial charge in [0.25, 0.3) is 0 Å². The third-order valence-electron chi connectivity index (χ3n) is 15.2. The lowest BCUT2D eigenvalue weighted by atomic mass is 9.65. The predicted octanol–water partition coefficient (Wildman–Crippen LogP) is 7.11. The normalized spacial score (nSPS) is 26.7. The van der Waals surface area contributed by atoms with Crippen LogP contribution in [0.2, 0.25) is 0 Å². The Balaban J connectivity index is 0.939. The minimum Gasteiger partial charge on any atom is -0.508 e. The zero-order valence-electron chi connectivity index (χ0n) is 41.5. The van der Waals surface area contributed by atoms with Crippen molar-refractivity contribution < 1.29 is 52.8 Å². The Morgan fingerprint density at radius 3 is 2.19 bits per heavy atom. The molecule has 388 valence electrons. The molecule has 75 heavy (non-hydrogen) atoms. The molecule has 0 radical (unpaired) electrons. The summed E-state index contributed by atoms with van der Waals surface area (Å²) in [5, 5.41) is 16.1. The van der Waals surface area contributed by atoms with Crippen molar-refractivity contribution in [2.75, 3.05) is 45.8 Å². The number of anilines is 1. The lowest BCUT2D eigenvalue weighted by molar-refractivity contribution is -0.180. The van der Waals surface area contributed by atoms with Crippen molar-refractivity contribution in [1.82, 2.24) is 20.0 Å². The number of rotatable bonds is 17. The Labute approximate surface area is 448 Å². The van der Waals surface area contributed by atoms with Crippen molar-refractivity contribution in [2.45, 2.75) is 73.5 Å². The lowest BCUT2D eigenvalue weighted by Crippen LogP contribution is -2.61. The summed E-state index contributed by atoms with van der Waals surface area (Å²) in [4.78, 5) is 92.3. The van der Waals surface area contributed by atoms with Gasteiger partial charge in [-0.2, -0.15) is 0 Å². The first-order chi connectivity index (χ1) is 36.3. The maximum atomic E-state index is 15.2. The van der Waals surface area contributed by atoms with Crippen molar-refractivity contribution in [2.24, 2.45) is 11.8 Å². The third kappa shape index (κ3) is 9.54. The highest BCUT2D eigenvalue weighted by Crippen LogP contribution is 2.65. The number of fused-ring (bicyclic) bond motifs is 4. The monoisotopic (exact) mass is 1130 g/mol. The molecular weight excluding hydrogens is 1070 g/mol. The molecule has 0 bridgehead atoms. The number of ether oxygens (including phenoxy) is 4. The fourth-order valence-electron chi connectivity index (χ4n) is 12.1. The van der Waals surface area contributed by atoms with E-state index in [-0.39, 0.29) is 43.8 Å². The van der Waals surface area contributed by atoms with Crippen LogP contribution in [0.4, 0.5) is 5.69 Å². The van der Waals surface area contributed by atoms with E-state index < -0.39 is 83.4 Å². The van der Waals surface area contributed by atoms with E-state index in [2.05, 4.69) is 44.7 Å². The van der Waals surface area contributed by atoms with Crippen LogP contribution in [0.3, 0.4) is 0 Å². The number of benzene rings is 5. The van der Waals surface area contributed by atoms with E-state index >= 15 is 4.79 Å². The van der Waals surface area contributed by atoms with E-state index in [1.54, 1.807) is 30.3 Å². The molecular formula is C58H58IN5O11. The van der Waals surface area contributed by atoms with Crippen LogP contribution in [0, 0.1) is 15.4 Å². The number of hydrogen-bond acceptors (Lipinski definition) is 13. The molecule has 5 aromatic rings. The number of aromatic hydroxyl groups is 1. The molecule has 5 heterocycles. The number of piperazine rings is 1. The Morgan fingerprint density at radius 1 is 0.813 bits per heavy atom. The van der Waals surface area contributed by atoms with E-state index in [0.717, 1.165) is 34.1 Å². The molecule has 0 unspecified atom stereocenters. The second-order valence-corrected chi connectivity index (χ2v) is 21.2. The van der Waals surface area contributed by atoms with Gasteiger partial charge < -0.3 is 44.5 Å². The van der Waals surface area contributed by atoms with E-state index in [1.165, 1.54) is 23.1 Å². The summed E-state index contributed by atoms with van der Waals surface area (Å²) in [6.45, 7) is 4.22. The Morgan fingerprint density at radius 2 is 1.49 bits per heavy atom. The highest BCUT2D eigenvalue weighted by Gasteiger charge is 2.74. The molecule has 16 nitrogen and oxygen atoms in total. The van der Waals surface area contributed by atoms with Crippen molar-refractivity contribution >= 4 is 63.9 Å². The predicted molar refractivity (Wildman–Crippen MR) is 284 cm³/mol. The zero-order valence-corrected chi connectivity index (χ0v) is 43.7. The summed E-state index contributed by atoms with van der Waals surface area (Å²) in [6.07, 6.45) is 2.69. The first-order valence-electron chi connectivity index (χ1n) is 25.2. The number of carbonyl (C=O) groups is 6. The lowest BCUT2D eigenvalue weighted by Gasteiger charge is -2.46. The quantitative estimate of drug-likeness (QED) is 0.0281. The maximum Gasteiger partial charge on any atom is 0.325 e. The average molecular weight is 1130 g/mol. The molecule has 3 amide bonds. The van der Waals surface area contributed by atoms with Gasteiger partial charge in [0, 0.05) is 9.26 Å². The van der Waals surface area contributed by atoms with Gasteiger partial charge in [-0.3, -0.25) is 33.7 Å². The van der Waals surface area contributed by atoms with Gasteiger partial charge in [-0.1, -0.05) is 97.6 Å². The molecule has 0 saturated carbocycles. The number of hydrogen-bond donors (Lipinski definition) is 3. The summed E-state index contributed by atoms with van der Waals surface area (Å²) in [5.74, 6) is -4.89. The SMILES string of the molecule is C=CCOC(=O)[C@@H]1[C@H]2C(=O)O[C@H](c3ccccc3)[C@H](c3ccccc3)N2[C@H](c2ccc(OCCOC(=O)[C@H]3C[C@H]4C(=O)N[C@@H](CCCCN(C)C)C(=O)N4[C@H]3c3ccc(O)cc3)cc2)[C@@]12C(=O)Nc1ccc(I)cc12. The molecule has 10 rings (SSSR count). The number of morpholine rings is 1.